The number of hydrogen-bond donors (Lipinski definition) is 0. The van der Waals surface area contributed by atoms with Crippen LogP contribution in [0.5, 0.6) is 0 Å². The molecule has 0 nitrogen and oxygen atoms in total. The van der Waals surface area contributed by atoms with Crippen LogP contribution in [0.1, 0.15) is 122 Å². The van der Waals surface area contributed by atoms with Crippen molar-refractivity contribution >= 4 is 129 Å². The normalized spacial score (nSPS) is 10.4. The number of hydrogen-bond acceptors (Lipinski definition) is 0. The Labute approximate surface area is 502 Å². The van der Waals surface area contributed by atoms with Crippen molar-refractivity contribution < 1.29 is 0 Å². The zero-order chi connectivity index (χ0) is 59.8. The van der Waals surface area contributed by atoms with Gasteiger partial charge in [0.05, 0.1) is 0 Å². The van der Waals surface area contributed by atoms with Gasteiger partial charge in [-0.05, 0) is 178 Å². The molecule has 0 amide bonds. The number of benzene rings is 15. The van der Waals surface area contributed by atoms with Gasteiger partial charge in [0.15, 0.2) is 0 Å². The Morgan fingerprint density at radius 2 is 0.345 bits per heavy atom. The lowest BCUT2D eigenvalue weighted by Crippen LogP contribution is -1.82. The largest absolute Gasteiger partial charge is 0.0656 e. The van der Waals surface area contributed by atoms with E-state index < -0.39 is 0 Å². The Morgan fingerprint density at radius 1 is 0.143 bits per heavy atom. The fraction of sp³-hybridized carbons (Fsp3) is 0.214. The summed E-state index contributed by atoms with van der Waals surface area (Å²) < 4.78 is 0. The van der Waals surface area contributed by atoms with E-state index in [0.717, 1.165) is 0 Å². The highest BCUT2D eigenvalue weighted by Crippen LogP contribution is 2.37. The van der Waals surface area contributed by atoms with E-state index in [2.05, 4.69) is 338 Å². The molecule has 0 aliphatic heterocycles. The minimum Gasteiger partial charge on any atom is -0.0656 e. The summed E-state index contributed by atoms with van der Waals surface area (Å²) in [6, 6.07) is 92.4. The van der Waals surface area contributed by atoms with Crippen LogP contribution in [-0.2, 0) is 0 Å². The van der Waals surface area contributed by atoms with Crippen LogP contribution in [-0.4, -0.2) is 0 Å². The van der Waals surface area contributed by atoms with Crippen molar-refractivity contribution in [2.24, 2.45) is 0 Å². The third-order valence-electron chi connectivity index (χ3n) is 13.8. The summed E-state index contributed by atoms with van der Waals surface area (Å²) in [5.74, 6) is 0. The molecule has 426 valence electrons. The van der Waals surface area contributed by atoms with E-state index in [1.807, 2.05) is 0 Å². The van der Waals surface area contributed by atoms with Crippen LogP contribution in [0.15, 0.2) is 255 Å². The Morgan fingerprint density at radius 3 is 0.702 bits per heavy atom. The SMILES string of the molecule is CCC.CCC.CCC.CCC.CCC.CCC.c1ccc2cc3c(ccc4c5ccccc5ccc34)cc2c1.c1ccc2cc3c(ccc4cc5ccccc5cc43)cc2c1.c1ccc2cc3c(ccc4ccc5ccccc5c43)cc2c1. The van der Waals surface area contributed by atoms with Gasteiger partial charge in [-0.1, -0.05) is 328 Å². The first kappa shape index (κ1) is 63.0. The van der Waals surface area contributed by atoms with E-state index in [4.69, 9.17) is 0 Å². The molecule has 0 N–H and O–H groups in total. The summed E-state index contributed by atoms with van der Waals surface area (Å²) in [4.78, 5) is 0. The fourth-order valence-corrected chi connectivity index (χ4v) is 10.5. The summed E-state index contributed by atoms with van der Waals surface area (Å²) in [5.41, 5.74) is 0. The molecule has 0 atom stereocenters. The van der Waals surface area contributed by atoms with Crippen LogP contribution in [0.4, 0.5) is 0 Å². The van der Waals surface area contributed by atoms with Gasteiger partial charge in [-0.3, -0.25) is 0 Å². The molecule has 0 heteroatoms. The van der Waals surface area contributed by atoms with Crippen molar-refractivity contribution in [1.82, 2.24) is 0 Å². The third kappa shape index (κ3) is 15.3. The van der Waals surface area contributed by atoms with Gasteiger partial charge in [0.25, 0.3) is 0 Å². The smallest absolute Gasteiger partial charge is 0.00266 e. The summed E-state index contributed by atoms with van der Waals surface area (Å²) in [7, 11) is 0. The Balaban J connectivity index is 0.000000158. The van der Waals surface area contributed by atoms with Gasteiger partial charge in [-0.15, -0.1) is 0 Å². The first-order valence-electron chi connectivity index (χ1n) is 31.4. The number of rotatable bonds is 0. The molecule has 0 saturated carbocycles. The molecule has 0 bridgehead atoms. The molecule has 0 aliphatic carbocycles. The maximum atomic E-state index is 2.33. The zero-order valence-corrected chi connectivity index (χ0v) is 52.5. The van der Waals surface area contributed by atoms with E-state index in [-0.39, 0.29) is 0 Å². The second kappa shape index (κ2) is 32.3. The molecule has 15 aromatic carbocycles. The van der Waals surface area contributed by atoms with Crippen molar-refractivity contribution in [3.05, 3.63) is 255 Å². The number of fused-ring (bicyclic) bond motifs is 17. The summed E-state index contributed by atoms with van der Waals surface area (Å²) in [6.07, 6.45) is 7.50. The Bertz CT molecular complexity index is 4270. The highest BCUT2D eigenvalue weighted by atomic mass is 14.1. The molecular weight excluding hydrogens is 1010 g/mol. The highest BCUT2D eigenvalue weighted by molar-refractivity contribution is 6.23. The summed E-state index contributed by atoms with van der Waals surface area (Å²) >= 11 is 0. The molecule has 15 rings (SSSR count). The van der Waals surface area contributed by atoms with E-state index in [0.29, 0.717) is 0 Å². The van der Waals surface area contributed by atoms with E-state index in [9.17, 15) is 0 Å². The predicted octanol–water partition coefficient (Wildman–Crippen LogP) is 27.4. The lowest BCUT2D eigenvalue weighted by atomic mass is 9.94. The van der Waals surface area contributed by atoms with Crippen LogP contribution < -0.4 is 0 Å². The summed E-state index contributed by atoms with van der Waals surface area (Å²) in [5, 5.41) is 31.6. The van der Waals surface area contributed by atoms with Gasteiger partial charge >= 0.3 is 0 Å². The zero-order valence-electron chi connectivity index (χ0n) is 52.5. The van der Waals surface area contributed by atoms with Crippen LogP contribution >= 0.6 is 0 Å². The predicted molar refractivity (Wildman–Crippen MR) is 385 cm³/mol. The molecule has 0 fully saturated rings. The molecular formula is C84H90. The standard InChI is InChI=1S/3C22H14.6C3H8/c1-3-7-17-13-21-19(11-15(17)5-1)9-10-20-12-16-6-2-4-8-18(16)14-22(20)21;1-2-7-17-14-22-18(13-16(17)6-1)10-12-20-19-8-4-3-5-15(19)9-11-21(20)22;1-2-7-18-14-21-19(13-17(18)6-1)12-11-16-10-9-15-5-3-4-8-20(15)22(16)21;6*1-3-2/h3*1-14H;6*3H2,1-2H3. The van der Waals surface area contributed by atoms with Crippen molar-refractivity contribution in [2.45, 2.75) is 122 Å². The molecule has 0 heterocycles. The maximum Gasteiger partial charge on any atom is -0.00266 e. The first-order chi connectivity index (χ1) is 41.2. The second-order valence-electron chi connectivity index (χ2n) is 21.9. The van der Waals surface area contributed by atoms with Gasteiger partial charge in [0, 0.05) is 0 Å². The Kier molecular flexibility index (Phi) is 24.2. The maximum absolute atomic E-state index is 2.33. The fourth-order valence-electron chi connectivity index (χ4n) is 10.5. The average Bonchev–Trinajstić information content (AvgIpc) is 3.57. The van der Waals surface area contributed by atoms with Crippen molar-refractivity contribution in [1.29, 1.82) is 0 Å². The second-order valence-corrected chi connectivity index (χ2v) is 21.9. The minimum atomic E-state index is 1.25. The van der Waals surface area contributed by atoms with E-state index in [1.54, 1.807) is 0 Å². The summed E-state index contributed by atoms with van der Waals surface area (Å²) in [6.45, 7) is 25.5. The lowest BCUT2D eigenvalue weighted by molar-refractivity contribution is 1.09. The molecule has 0 radical (unpaired) electrons. The van der Waals surface area contributed by atoms with Gasteiger partial charge < -0.3 is 0 Å². The topological polar surface area (TPSA) is 0 Å². The average molecular weight is 1100 g/mol. The molecule has 0 unspecified atom stereocenters. The minimum absolute atomic E-state index is 1.25. The van der Waals surface area contributed by atoms with Crippen molar-refractivity contribution in [3.63, 3.8) is 0 Å². The molecule has 0 aliphatic rings. The van der Waals surface area contributed by atoms with Gasteiger partial charge in [0.1, 0.15) is 0 Å². The van der Waals surface area contributed by atoms with Crippen LogP contribution in [0.25, 0.3) is 129 Å². The van der Waals surface area contributed by atoms with Gasteiger partial charge in [-0.2, -0.15) is 0 Å². The van der Waals surface area contributed by atoms with Crippen molar-refractivity contribution in [2.75, 3.05) is 0 Å². The quantitative estimate of drug-likeness (QED) is 0.105. The van der Waals surface area contributed by atoms with E-state index in [1.165, 1.54) is 168 Å². The monoisotopic (exact) mass is 1100 g/mol. The molecule has 15 aromatic rings. The first-order valence-corrected chi connectivity index (χ1v) is 31.4. The Hall–Kier alpha value is -8.58. The van der Waals surface area contributed by atoms with Crippen LogP contribution in [0.3, 0.4) is 0 Å². The van der Waals surface area contributed by atoms with Crippen LogP contribution in [0.2, 0.25) is 0 Å². The molecule has 0 aromatic heterocycles. The van der Waals surface area contributed by atoms with E-state index >= 15 is 0 Å². The van der Waals surface area contributed by atoms with Gasteiger partial charge in [0.2, 0.25) is 0 Å². The van der Waals surface area contributed by atoms with Crippen molar-refractivity contribution in [3.8, 4) is 0 Å². The molecule has 0 saturated heterocycles. The lowest BCUT2D eigenvalue weighted by Gasteiger charge is -2.09. The third-order valence-corrected chi connectivity index (χ3v) is 13.8. The van der Waals surface area contributed by atoms with Gasteiger partial charge in [-0.25, -0.2) is 0 Å². The molecule has 84 heavy (non-hydrogen) atoms. The molecule has 0 spiro atoms. The highest BCUT2D eigenvalue weighted by Gasteiger charge is 2.09. The van der Waals surface area contributed by atoms with Crippen LogP contribution in [0, 0.1) is 0 Å².